The van der Waals surface area contributed by atoms with Gasteiger partial charge in [-0.1, -0.05) is 0 Å². The molecule has 0 heterocycles. The van der Waals surface area contributed by atoms with Crippen molar-refractivity contribution in [3.8, 4) is 0 Å². The minimum atomic E-state index is -4.23. The van der Waals surface area contributed by atoms with Crippen LogP contribution in [0.2, 0.25) is 0 Å². The van der Waals surface area contributed by atoms with Crippen molar-refractivity contribution in [2.45, 2.75) is 19.0 Å². The van der Waals surface area contributed by atoms with Crippen molar-refractivity contribution in [3.63, 3.8) is 0 Å². The van der Waals surface area contributed by atoms with Gasteiger partial charge in [0.1, 0.15) is 0 Å². The maximum Gasteiger partial charge on any atom is 0.389 e. The Balaban J connectivity index is 3.64. The molecule has 0 aromatic carbocycles. The Kier molecular flexibility index (Phi) is 3.35. The van der Waals surface area contributed by atoms with Gasteiger partial charge in [0.05, 0.1) is 6.42 Å². The fraction of sp³-hybridized carbons (Fsp3) is 0.833. The van der Waals surface area contributed by atoms with E-state index < -0.39 is 24.9 Å². The number of hydrogen-bond acceptors (Lipinski definition) is 1. The second-order valence-corrected chi connectivity index (χ2v) is 2.40. The van der Waals surface area contributed by atoms with Gasteiger partial charge in [0.25, 0.3) is 0 Å². The van der Waals surface area contributed by atoms with Gasteiger partial charge in [-0.15, -0.1) is 0 Å². The van der Waals surface area contributed by atoms with Gasteiger partial charge in [-0.25, -0.2) is 0 Å². The zero-order valence-corrected chi connectivity index (χ0v) is 6.40. The van der Waals surface area contributed by atoms with Gasteiger partial charge < -0.3 is 4.90 Å². The molecule has 0 radical (unpaired) electrons. The predicted molar refractivity (Wildman–Crippen MR) is 34.0 cm³/mol. The summed E-state index contributed by atoms with van der Waals surface area (Å²) in [6.07, 6.45) is -5.73. The molecule has 0 bridgehead atoms. The summed E-state index contributed by atoms with van der Waals surface area (Å²) in [4.78, 5) is 11.8. The first-order valence-electron chi connectivity index (χ1n) is 3.10. The van der Waals surface area contributed by atoms with Gasteiger partial charge in [0, 0.05) is 20.5 Å². The van der Waals surface area contributed by atoms with E-state index in [1.165, 1.54) is 14.1 Å². The Morgan fingerprint density at radius 2 is 1.82 bits per heavy atom. The maximum atomic E-state index is 11.5. The van der Waals surface area contributed by atoms with Crippen molar-refractivity contribution in [2.24, 2.45) is 0 Å². The fourth-order valence-electron chi connectivity index (χ4n) is 0.472. The van der Waals surface area contributed by atoms with Crippen LogP contribution in [0.5, 0.6) is 0 Å². The molecule has 0 aliphatic carbocycles. The van der Waals surface area contributed by atoms with Crippen LogP contribution < -0.4 is 0 Å². The lowest BCUT2D eigenvalue weighted by molar-refractivity contribution is -0.147. The van der Waals surface area contributed by atoms with Gasteiger partial charge in [-0.05, 0) is 0 Å². The number of hydrogen-bond donors (Lipinski definition) is 0. The average Bonchev–Trinajstić information content (AvgIpc) is 1.80. The average molecular weight is 169 g/mol. The number of alkyl halides is 3. The molecule has 0 saturated carbocycles. The highest BCUT2D eigenvalue weighted by atomic mass is 19.4. The van der Waals surface area contributed by atoms with Crippen LogP contribution in [-0.2, 0) is 4.79 Å². The van der Waals surface area contributed by atoms with E-state index >= 15 is 0 Å². The van der Waals surface area contributed by atoms with Gasteiger partial charge >= 0.3 is 6.18 Å². The molecular weight excluding hydrogens is 159 g/mol. The van der Waals surface area contributed by atoms with E-state index in [0.29, 0.717) is 0 Å². The molecule has 0 aromatic rings. The summed E-state index contributed by atoms with van der Waals surface area (Å²) in [6.45, 7) is 0. The predicted octanol–water partition coefficient (Wildman–Crippen LogP) is 1.42. The van der Waals surface area contributed by atoms with Crippen LogP contribution in [-0.4, -0.2) is 31.1 Å². The quantitative estimate of drug-likeness (QED) is 0.612. The number of halogens is 3. The van der Waals surface area contributed by atoms with Crippen LogP contribution in [0.4, 0.5) is 13.2 Å². The van der Waals surface area contributed by atoms with Gasteiger partial charge in [0.2, 0.25) is 5.91 Å². The molecule has 0 fully saturated rings. The summed E-state index contributed by atoms with van der Waals surface area (Å²) >= 11 is 0. The summed E-state index contributed by atoms with van der Waals surface area (Å²) in [6, 6.07) is 0. The Morgan fingerprint density at radius 1 is 1.36 bits per heavy atom. The Hall–Kier alpha value is -0.740. The van der Waals surface area contributed by atoms with Crippen molar-refractivity contribution >= 4 is 5.91 Å². The summed E-state index contributed by atoms with van der Waals surface area (Å²) in [7, 11) is 2.86. The Morgan fingerprint density at radius 3 is 2.09 bits per heavy atom. The smallest absolute Gasteiger partial charge is 0.349 e. The zero-order chi connectivity index (χ0) is 9.07. The number of carbonyl (C=O) groups is 1. The van der Waals surface area contributed by atoms with Crippen LogP contribution in [0.1, 0.15) is 12.8 Å². The van der Waals surface area contributed by atoms with E-state index in [4.69, 9.17) is 0 Å². The highest BCUT2D eigenvalue weighted by Gasteiger charge is 2.28. The number of rotatable bonds is 2. The lowest BCUT2D eigenvalue weighted by atomic mass is 10.3. The summed E-state index contributed by atoms with van der Waals surface area (Å²) in [5, 5.41) is 0. The maximum absolute atomic E-state index is 11.5. The number of nitrogens with zero attached hydrogens (tertiary/aromatic N) is 1. The molecule has 0 spiro atoms. The lowest BCUT2D eigenvalue weighted by Gasteiger charge is -2.10. The molecule has 5 heteroatoms. The van der Waals surface area contributed by atoms with Crippen LogP contribution in [0, 0.1) is 0 Å². The van der Waals surface area contributed by atoms with Crippen LogP contribution in [0.15, 0.2) is 0 Å². The lowest BCUT2D eigenvalue weighted by Crippen LogP contribution is -2.23. The van der Waals surface area contributed by atoms with Gasteiger partial charge in [-0.3, -0.25) is 4.79 Å². The largest absolute Gasteiger partial charge is 0.389 e. The topological polar surface area (TPSA) is 20.3 Å². The summed E-state index contributed by atoms with van der Waals surface area (Å²) in [5.74, 6) is -0.498. The van der Waals surface area contributed by atoms with Gasteiger partial charge in [-0.2, -0.15) is 13.2 Å². The van der Waals surface area contributed by atoms with Crippen LogP contribution in [0.3, 0.4) is 0 Å². The van der Waals surface area contributed by atoms with E-state index in [9.17, 15) is 18.0 Å². The van der Waals surface area contributed by atoms with E-state index in [1.54, 1.807) is 0 Å². The normalized spacial score (nSPS) is 11.4. The molecule has 0 unspecified atom stereocenters. The molecule has 11 heavy (non-hydrogen) atoms. The summed E-state index contributed by atoms with van der Waals surface area (Å²) in [5.41, 5.74) is 0. The van der Waals surface area contributed by atoms with E-state index in [0.717, 1.165) is 4.90 Å². The second-order valence-electron chi connectivity index (χ2n) is 2.40. The SMILES string of the molecule is CN(C)C(=O)CCC(F)(F)F. The van der Waals surface area contributed by atoms with Crippen molar-refractivity contribution in [1.29, 1.82) is 0 Å². The first kappa shape index (κ1) is 10.3. The third kappa shape index (κ3) is 5.69. The molecule has 0 aliphatic rings. The third-order valence-corrected chi connectivity index (χ3v) is 1.12. The first-order valence-corrected chi connectivity index (χ1v) is 3.10. The summed E-state index contributed by atoms with van der Waals surface area (Å²) < 4.78 is 34.5. The standard InChI is InChI=1S/C6H10F3NO/c1-10(2)5(11)3-4-6(7,8)9/h3-4H2,1-2H3. The van der Waals surface area contributed by atoms with E-state index in [2.05, 4.69) is 0 Å². The van der Waals surface area contributed by atoms with Crippen LogP contribution in [0.25, 0.3) is 0 Å². The molecule has 0 N–H and O–H groups in total. The van der Waals surface area contributed by atoms with Gasteiger partial charge in [0.15, 0.2) is 0 Å². The molecular formula is C6H10F3NO. The fourth-order valence-corrected chi connectivity index (χ4v) is 0.472. The molecule has 2 nitrogen and oxygen atoms in total. The van der Waals surface area contributed by atoms with E-state index in [-0.39, 0.29) is 0 Å². The van der Waals surface area contributed by atoms with E-state index in [1.807, 2.05) is 0 Å². The number of carbonyl (C=O) groups excluding carboxylic acids is 1. The van der Waals surface area contributed by atoms with Crippen molar-refractivity contribution in [1.82, 2.24) is 4.90 Å². The Labute approximate surface area is 63.0 Å². The third-order valence-electron chi connectivity index (χ3n) is 1.12. The zero-order valence-electron chi connectivity index (χ0n) is 6.40. The second kappa shape index (κ2) is 3.59. The van der Waals surface area contributed by atoms with Crippen molar-refractivity contribution < 1.29 is 18.0 Å². The molecule has 0 rings (SSSR count). The Bertz CT molecular complexity index is 141. The van der Waals surface area contributed by atoms with Crippen molar-refractivity contribution in [3.05, 3.63) is 0 Å². The molecule has 1 amide bonds. The molecule has 0 atom stereocenters. The van der Waals surface area contributed by atoms with Crippen molar-refractivity contribution in [2.75, 3.05) is 14.1 Å². The van der Waals surface area contributed by atoms with Crippen LogP contribution >= 0.6 is 0 Å². The minimum absolute atomic E-state index is 0.462. The molecule has 0 aliphatic heterocycles. The first-order chi connectivity index (χ1) is 4.83. The monoisotopic (exact) mass is 169 g/mol. The number of amides is 1. The highest BCUT2D eigenvalue weighted by Crippen LogP contribution is 2.21. The molecule has 0 saturated heterocycles. The molecule has 66 valence electrons. The molecule has 0 aromatic heterocycles. The highest BCUT2D eigenvalue weighted by molar-refractivity contribution is 5.75. The minimum Gasteiger partial charge on any atom is -0.349 e.